The Morgan fingerprint density at radius 2 is 1.86 bits per heavy atom. The van der Waals surface area contributed by atoms with Crippen molar-refractivity contribution in [2.24, 2.45) is 0 Å². The van der Waals surface area contributed by atoms with Gasteiger partial charge in [0, 0.05) is 11.4 Å². The van der Waals surface area contributed by atoms with Gasteiger partial charge >= 0.3 is 6.18 Å². The number of halogens is 4. The van der Waals surface area contributed by atoms with Gasteiger partial charge in [-0.05, 0) is 35.7 Å². The van der Waals surface area contributed by atoms with E-state index >= 15 is 0 Å². The second-order valence-electron chi connectivity index (χ2n) is 4.93. The molecular weight excluding hydrogens is 301 g/mol. The van der Waals surface area contributed by atoms with Crippen LogP contribution in [0.25, 0.3) is 0 Å². The van der Waals surface area contributed by atoms with Crippen molar-refractivity contribution in [2.45, 2.75) is 25.6 Å². The van der Waals surface area contributed by atoms with Crippen molar-refractivity contribution >= 4 is 11.6 Å². The maximum absolute atomic E-state index is 12.6. The minimum absolute atomic E-state index is 0.101. The molecule has 0 aliphatic heterocycles. The maximum atomic E-state index is 12.6. The molecule has 0 aliphatic carbocycles. The third-order valence-electron chi connectivity index (χ3n) is 3.26. The lowest BCUT2D eigenvalue weighted by molar-refractivity contribution is -0.137. The molecule has 0 saturated carbocycles. The van der Waals surface area contributed by atoms with Gasteiger partial charge in [0.25, 0.3) is 0 Å². The van der Waals surface area contributed by atoms with Crippen molar-refractivity contribution in [3.05, 3.63) is 69.7 Å². The van der Waals surface area contributed by atoms with Crippen LogP contribution in [-0.2, 0) is 12.6 Å². The molecule has 2 aromatic rings. The van der Waals surface area contributed by atoms with Gasteiger partial charge < -0.3 is 5.11 Å². The van der Waals surface area contributed by atoms with Gasteiger partial charge in [0.1, 0.15) is 0 Å². The van der Waals surface area contributed by atoms with E-state index in [4.69, 9.17) is 11.6 Å². The lowest BCUT2D eigenvalue weighted by Crippen LogP contribution is -2.07. The van der Waals surface area contributed by atoms with Crippen LogP contribution >= 0.6 is 11.6 Å². The van der Waals surface area contributed by atoms with Gasteiger partial charge in [-0.2, -0.15) is 13.2 Å². The fourth-order valence-electron chi connectivity index (χ4n) is 2.03. The lowest BCUT2D eigenvalue weighted by atomic mass is 9.99. The highest BCUT2D eigenvalue weighted by Crippen LogP contribution is 2.31. The predicted octanol–water partition coefficient (Wildman–Crippen LogP) is 4.94. The molecule has 0 amide bonds. The topological polar surface area (TPSA) is 20.2 Å². The van der Waals surface area contributed by atoms with Gasteiger partial charge in [-0.3, -0.25) is 0 Å². The summed E-state index contributed by atoms with van der Waals surface area (Å²) < 4.78 is 37.9. The summed E-state index contributed by atoms with van der Waals surface area (Å²) in [5, 5.41) is 10.7. The number of aryl methyl sites for hydroxylation is 1. The normalized spacial score (nSPS) is 13.2. The summed E-state index contributed by atoms with van der Waals surface area (Å²) in [5.41, 5.74) is 1.18. The Kier molecular flexibility index (Phi) is 4.59. The monoisotopic (exact) mass is 314 g/mol. The third-order valence-corrected chi connectivity index (χ3v) is 3.67. The summed E-state index contributed by atoms with van der Waals surface area (Å²) in [4.78, 5) is 0. The van der Waals surface area contributed by atoms with E-state index in [2.05, 4.69) is 0 Å². The number of rotatable bonds is 3. The first-order valence-electron chi connectivity index (χ1n) is 6.37. The van der Waals surface area contributed by atoms with E-state index in [-0.39, 0.29) is 6.42 Å². The summed E-state index contributed by atoms with van der Waals surface area (Å²) in [7, 11) is 0. The first-order chi connectivity index (χ1) is 9.77. The van der Waals surface area contributed by atoms with E-state index in [1.807, 2.05) is 6.92 Å². The highest BCUT2D eigenvalue weighted by atomic mass is 35.5. The van der Waals surface area contributed by atoms with Crippen LogP contribution in [0.5, 0.6) is 0 Å². The van der Waals surface area contributed by atoms with Crippen LogP contribution in [0.1, 0.15) is 28.4 Å². The number of hydrogen-bond donors (Lipinski definition) is 1. The molecule has 21 heavy (non-hydrogen) atoms. The molecule has 0 saturated heterocycles. The highest BCUT2D eigenvalue weighted by Gasteiger charge is 2.30. The van der Waals surface area contributed by atoms with Crippen molar-refractivity contribution < 1.29 is 18.3 Å². The van der Waals surface area contributed by atoms with Gasteiger partial charge in [0.15, 0.2) is 0 Å². The van der Waals surface area contributed by atoms with Crippen LogP contribution in [0.3, 0.4) is 0 Å². The number of alkyl halides is 3. The van der Waals surface area contributed by atoms with E-state index in [0.717, 1.165) is 17.7 Å². The minimum Gasteiger partial charge on any atom is -0.388 e. The van der Waals surface area contributed by atoms with Crippen molar-refractivity contribution in [3.63, 3.8) is 0 Å². The van der Waals surface area contributed by atoms with Crippen molar-refractivity contribution in [3.8, 4) is 0 Å². The van der Waals surface area contributed by atoms with Gasteiger partial charge in [-0.1, -0.05) is 41.9 Å². The fraction of sp³-hybridized carbons (Fsp3) is 0.250. The molecule has 0 aromatic heterocycles. The average Bonchev–Trinajstić information content (AvgIpc) is 2.41. The molecule has 0 spiro atoms. The molecule has 2 rings (SSSR count). The summed E-state index contributed by atoms with van der Waals surface area (Å²) in [6, 6.07) is 10.1. The smallest absolute Gasteiger partial charge is 0.388 e. The van der Waals surface area contributed by atoms with Crippen molar-refractivity contribution in [1.82, 2.24) is 0 Å². The first kappa shape index (κ1) is 15.9. The Morgan fingerprint density at radius 1 is 1.14 bits per heavy atom. The SMILES string of the molecule is Cc1ccc(C(O)Cc2cccc(C(F)(F)F)c2)cc1Cl. The van der Waals surface area contributed by atoms with Gasteiger partial charge in [0.05, 0.1) is 11.7 Å². The number of hydrogen-bond acceptors (Lipinski definition) is 1. The molecule has 0 heterocycles. The van der Waals surface area contributed by atoms with E-state index in [9.17, 15) is 18.3 Å². The fourth-order valence-corrected chi connectivity index (χ4v) is 2.22. The van der Waals surface area contributed by atoms with Crippen molar-refractivity contribution in [2.75, 3.05) is 0 Å². The lowest BCUT2D eigenvalue weighted by Gasteiger charge is -2.14. The molecule has 112 valence electrons. The van der Waals surface area contributed by atoms with Crippen LogP contribution in [0.15, 0.2) is 42.5 Å². The molecule has 1 unspecified atom stereocenters. The Morgan fingerprint density at radius 3 is 2.48 bits per heavy atom. The van der Waals surface area contributed by atoms with Crippen LogP contribution in [-0.4, -0.2) is 5.11 Å². The van der Waals surface area contributed by atoms with Gasteiger partial charge in [-0.25, -0.2) is 0 Å². The van der Waals surface area contributed by atoms with Crippen LogP contribution in [0, 0.1) is 6.92 Å². The summed E-state index contributed by atoms with van der Waals surface area (Å²) in [6.07, 6.45) is -5.18. The Bertz CT molecular complexity index is 638. The molecule has 0 radical (unpaired) electrons. The van der Waals surface area contributed by atoms with Gasteiger partial charge in [0.2, 0.25) is 0 Å². The second kappa shape index (κ2) is 6.08. The van der Waals surface area contributed by atoms with Crippen LogP contribution < -0.4 is 0 Å². The summed E-state index contributed by atoms with van der Waals surface area (Å²) in [5.74, 6) is 0. The van der Waals surface area contributed by atoms with Gasteiger partial charge in [-0.15, -0.1) is 0 Å². The summed E-state index contributed by atoms with van der Waals surface area (Å²) >= 11 is 5.99. The quantitative estimate of drug-likeness (QED) is 0.850. The molecular formula is C16H14ClF3O. The number of aliphatic hydroxyl groups is 1. The molecule has 0 bridgehead atoms. The zero-order valence-corrected chi connectivity index (χ0v) is 12.0. The largest absolute Gasteiger partial charge is 0.416 e. The maximum Gasteiger partial charge on any atom is 0.416 e. The Labute approximate surface area is 126 Å². The van der Waals surface area contributed by atoms with E-state index in [1.54, 1.807) is 24.3 Å². The average molecular weight is 315 g/mol. The molecule has 0 fully saturated rings. The molecule has 1 nitrogen and oxygen atoms in total. The zero-order chi connectivity index (χ0) is 15.6. The highest BCUT2D eigenvalue weighted by molar-refractivity contribution is 6.31. The Balaban J connectivity index is 2.19. The molecule has 1 N–H and O–H groups in total. The molecule has 2 aromatic carbocycles. The zero-order valence-electron chi connectivity index (χ0n) is 11.3. The minimum atomic E-state index is -4.38. The van der Waals surface area contributed by atoms with Crippen LogP contribution in [0.4, 0.5) is 13.2 Å². The Hall–Kier alpha value is -1.52. The van der Waals surface area contributed by atoms with E-state index in [0.29, 0.717) is 16.1 Å². The van der Waals surface area contributed by atoms with Crippen LogP contribution in [0.2, 0.25) is 5.02 Å². The summed E-state index contributed by atoms with van der Waals surface area (Å²) in [6.45, 7) is 1.84. The standard InChI is InChI=1S/C16H14ClF3O/c1-10-5-6-12(9-14(10)17)15(21)8-11-3-2-4-13(7-11)16(18,19)20/h2-7,9,15,21H,8H2,1H3. The third kappa shape index (κ3) is 3.99. The second-order valence-corrected chi connectivity index (χ2v) is 5.33. The predicted molar refractivity (Wildman–Crippen MR) is 76.3 cm³/mol. The molecule has 5 heteroatoms. The first-order valence-corrected chi connectivity index (χ1v) is 6.75. The number of benzene rings is 2. The molecule has 1 atom stereocenters. The number of aliphatic hydroxyl groups excluding tert-OH is 1. The van der Waals surface area contributed by atoms with Crippen molar-refractivity contribution in [1.29, 1.82) is 0 Å². The molecule has 0 aliphatic rings. The van der Waals surface area contributed by atoms with E-state index < -0.39 is 17.8 Å². The van der Waals surface area contributed by atoms with E-state index in [1.165, 1.54) is 6.07 Å².